The van der Waals surface area contributed by atoms with E-state index < -0.39 is 18.1 Å². The molecule has 0 fully saturated rings. The fraction of sp³-hybridized carbons (Fsp3) is 0.800. The van der Waals surface area contributed by atoms with Gasteiger partial charge < -0.3 is 15.8 Å². The molecule has 1 amide bonds. The Labute approximate surface area is 90.4 Å². The van der Waals surface area contributed by atoms with Gasteiger partial charge in [0.25, 0.3) is 0 Å². The minimum atomic E-state index is -0.624. The molecule has 3 atom stereocenters. The lowest BCUT2D eigenvalue weighted by atomic mass is 9.99. The molecule has 0 aliphatic heterocycles. The largest absolute Gasteiger partial charge is 0.467 e. The van der Waals surface area contributed by atoms with Crippen LogP contribution in [-0.4, -0.2) is 31.1 Å². The van der Waals surface area contributed by atoms with Crippen LogP contribution in [-0.2, 0) is 14.3 Å². The molecule has 0 rings (SSSR count). The van der Waals surface area contributed by atoms with Crippen molar-refractivity contribution in [1.82, 2.24) is 5.32 Å². The summed E-state index contributed by atoms with van der Waals surface area (Å²) in [5.74, 6) is -0.746. The molecule has 2 unspecified atom stereocenters. The Morgan fingerprint density at radius 3 is 2.27 bits per heavy atom. The van der Waals surface area contributed by atoms with E-state index in [-0.39, 0.29) is 11.8 Å². The summed E-state index contributed by atoms with van der Waals surface area (Å²) in [7, 11) is 1.30. The van der Waals surface area contributed by atoms with Gasteiger partial charge in [0.2, 0.25) is 5.91 Å². The Morgan fingerprint density at radius 2 is 1.93 bits per heavy atom. The van der Waals surface area contributed by atoms with Crippen LogP contribution in [0, 0.1) is 5.92 Å². The fourth-order valence-corrected chi connectivity index (χ4v) is 1.08. The van der Waals surface area contributed by atoms with Crippen molar-refractivity contribution in [1.29, 1.82) is 0 Å². The molecule has 0 spiro atoms. The van der Waals surface area contributed by atoms with Crippen molar-refractivity contribution >= 4 is 11.9 Å². The summed E-state index contributed by atoms with van der Waals surface area (Å²) in [6.45, 7) is 5.39. The van der Waals surface area contributed by atoms with Crippen LogP contribution < -0.4 is 11.1 Å². The first kappa shape index (κ1) is 13.9. The summed E-state index contributed by atoms with van der Waals surface area (Å²) in [4.78, 5) is 22.7. The highest BCUT2D eigenvalue weighted by atomic mass is 16.5. The van der Waals surface area contributed by atoms with Crippen LogP contribution in [0.25, 0.3) is 0 Å². The number of nitrogens with two attached hydrogens (primary N) is 1. The number of amides is 1. The normalized spacial score (nSPS) is 16.3. The van der Waals surface area contributed by atoms with Gasteiger partial charge in [-0.15, -0.1) is 0 Å². The number of methoxy groups -OCH3 is 1. The molecule has 0 saturated carbocycles. The third kappa shape index (κ3) is 4.29. The highest BCUT2D eigenvalue weighted by molar-refractivity contribution is 5.87. The standard InChI is InChI=1S/C10H20N2O3/c1-5-6(2)8(10(14)15-4)12-9(13)7(3)11/h6-8H,5,11H2,1-4H3,(H,12,13)/t6?,7-,8?/m1/s1. The lowest BCUT2D eigenvalue weighted by Crippen LogP contribution is -2.50. The highest BCUT2D eigenvalue weighted by Gasteiger charge is 2.27. The molecule has 5 nitrogen and oxygen atoms in total. The van der Waals surface area contributed by atoms with Crippen LogP contribution in [0.4, 0.5) is 0 Å². The fourth-order valence-electron chi connectivity index (χ4n) is 1.08. The average Bonchev–Trinajstić information content (AvgIpc) is 2.23. The Balaban J connectivity index is 4.51. The van der Waals surface area contributed by atoms with E-state index in [1.807, 2.05) is 13.8 Å². The summed E-state index contributed by atoms with van der Waals surface area (Å²) >= 11 is 0. The Hall–Kier alpha value is -1.10. The van der Waals surface area contributed by atoms with E-state index in [1.54, 1.807) is 6.92 Å². The quantitative estimate of drug-likeness (QED) is 0.636. The maximum atomic E-state index is 11.4. The van der Waals surface area contributed by atoms with Crippen molar-refractivity contribution in [2.45, 2.75) is 39.3 Å². The third-order valence-corrected chi connectivity index (χ3v) is 2.38. The van der Waals surface area contributed by atoms with Gasteiger partial charge >= 0.3 is 5.97 Å². The predicted molar refractivity (Wildman–Crippen MR) is 57.1 cm³/mol. The van der Waals surface area contributed by atoms with Crippen LogP contribution in [0.5, 0.6) is 0 Å². The number of carbonyl (C=O) groups is 2. The molecule has 3 N–H and O–H groups in total. The Kier molecular flexibility index (Phi) is 5.93. The SMILES string of the molecule is CCC(C)C(NC(=O)[C@@H](C)N)C(=O)OC. The molecule has 0 aromatic carbocycles. The number of nitrogens with one attached hydrogen (secondary N) is 1. The predicted octanol–water partition coefficient (Wildman–Crippen LogP) is 0.0375. The van der Waals surface area contributed by atoms with E-state index in [0.29, 0.717) is 0 Å². The second kappa shape index (κ2) is 6.40. The average molecular weight is 216 g/mol. The maximum absolute atomic E-state index is 11.4. The highest BCUT2D eigenvalue weighted by Crippen LogP contribution is 2.09. The van der Waals surface area contributed by atoms with Gasteiger partial charge in [-0.3, -0.25) is 4.79 Å². The Bertz CT molecular complexity index is 229. The van der Waals surface area contributed by atoms with E-state index >= 15 is 0 Å². The van der Waals surface area contributed by atoms with Gasteiger partial charge in [-0.05, 0) is 12.8 Å². The van der Waals surface area contributed by atoms with Crippen molar-refractivity contribution in [2.75, 3.05) is 7.11 Å². The smallest absolute Gasteiger partial charge is 0.328 e. The molecule has 0 aliphatic rings. The first-order valence-corrected chi connectivity index (χ1v) is 5.07. The van der Waals surface area contributed by atoms with Gasteiger partial charge in [0.15, 0.2) is 0 Å². The molecular formula is C10H20N2O3. The number of esters is 1. The molecule has 0 heterocycles. The second-order valence-corrected chi connectivity index (χ2v) is 3.68. The minimum Gasteiger partial charge on any atom is -0.467 e. The van der Waals surface area contributed by atoms with Crippen molar-refractivity contribution in [3.8, 4) is 0 Å². The molecule has 0 bridgehead atoms. The zero-order valence-corrected chi connectivity index (χ0v) is 9.74. The first-order valence-electron chi connectivity index (χ1n) is 5.07. The van der Waals surface area contributed by atoms with Gasteiger partial charge in [0.1, 0.15) is 6.04 Å². The summed E-state index contributed by atoms with van der Waals surface area (Å²) < 4.78 is 4.62. The second-order valence-electron chi connectivity index (χ2n) is 3.68. The van der Waals surface area contributed by atoms with Crippen LogP contribution in [0.3, 0.4) is 0 Å². The van der Waals surface area contributed by atoms with Gasteiger partial charge in [-0.1, -0.05) is 20.3 Å². The summed E-state index contributed by atoms with van der Waals surface area (Å²) in [6, 6.07) is -1.24. The first-order chi connectivity index (χ1) is 6.93. The summed E-state index contributed by atoms with van der Waals surface area (Å²) in [5, 5.41) is 2.58. The molecule has 0 saturated heterocycles. The Morgan fingerprint density at radius 1 is 1.40 bits per heavy atom. The van der Waals surface area contributed by atoms with Gasteiger partial charge in [0, 0.05) is 0 Å². The van der Waals surface area contributed by atoms with Crippen molar-refractivity contribution in [3.63, 3.8) is 0 Å². The van der Waals surface area contributed by atoms with Gasteiger partial charge in [0.05, 0.1) is 13.2 Å². The number of rotatable bonds is 5. The van der Waals surface area contributed by atoms with Crippen molar-refractivity contribution < 1.29 is 14.3 Å². The zero-order valence-electron chi connectivity index (χ0n) is 9.74. The molecule has 5 heteroatoms. The molecular weight excluding hydrogens is 196 g/mol. The molecule has 0 radical (unpaired) electrons. The molecule has 15 heavy (non-hydrogen) atoms. The minimum absolute atomic E-state index is 0.0279. The number of hydrogen-bond acceptors (Lipinski definition) is 4. The van der Waals surface area contributed by atoms with E-state index in [9.17, 15) is 9.59 Å². The molecule has 0 aromatic rings. The molecule has 0 aromatic heterocycles. The topological polar surface area (TPSA) is 81.4 Å². The van der Waals surface area contributed by atoms with Crippen LogP contribution in [0.1, 0.15) is 27.2 Å². The van der Waals surface area contributed by atoms with Crippen molar-refractivity contribution in [3.05, 3.63) is 0 Å². The molecule has 0 aliphatic carbocycles. The third-order valence-electron chi connectivity index (χ3n) is 2.38. The van der Waals surface area contributed by atoms with Crippen LogP contribution in [0.2, 0.25) is 0 Å². The number of carbonyl (C=O) groups excluding carboxylic acids is 2. The van der Waals surface area contributed by atoms with Gasteiger partial charge in [-0.2, -0.15) is 0 Å². The zero-order chi connectivity index (χ0) is 12.0. The van der Waals surface area contributed by atoms with Gasteiger partial charge in [-0.25, -0.2) is 4.79 Å². The lowest BCUT2D eigenvalue weighted by Gasteiger charge is -2.22. The van der Waals surface area contributed by atoms with E-state index in [4.69, 9.17) is 5.73 Å². The number of ether oxygens (including phenoxy) is 1. The van der Waals surface area contributed by atoms with E-state index in [2.05, 4.69) is 10.1 Å². The monoisotopic (exact) mass is 216 g/mol. The van der Waals surface area contributed by atoms with E-state index in [0.717, 1.165) is 6.42 Å². The molecule has 88 valence electrons. The van der Waals surface area contributed by atoms with Crippen LogP contribution >= 0.6 is 0 Å². The van der Waals surface area contributed by atoms with E-state index in [1.165, 1.54) is 7.11 Å². The number of hydrogen-bond donors (Lipinski definition) is 2. The lowest BCUT2D eigenvalue weighted by molar-refractivity contribution is -0.146. The van der Waals surface area contributed by atoms with Crippen molar-refractivity contribution in [2.24, 2.45) is 11.7 Å². The summed E-state index contributed by atoms with van der Waals surface area (Å²) in [5.41, 5.74) is 5.40. The van der Waals surface area contributed by atoms with Crippen LogP contribution in [0.15, 0.2) is 0 Å². The maximum Gasteiger partial charge on any atom is 0.328 e. The summed E-state index contributed by atoms with van der Waals surface area (Å²) in [6.07, 6.45) is 0.777.